The van der Waals surface area contributed by atoms with Gasteiger partial charge in [-0.2, -0.15) is 0 Å². The predicted molar refractivity (Wildman–Crippen MR) is 145 cm³/mol. The molecule has 3 atom stereocenters. The number of carboxylic acid groups (broad SMARTS) is 1. The maximum atomic E-state index is 11.3. The van der Waals surface area contributed by atoms with Gasteiger partial charge in [0.25, 0.3) is 0 Å². The molecule has 2 N–H and O–H groups in total. The number of aromatic nitrogens is 2. The molecule has 1 aromatic carbocycles. The summed E-state index contributed by atoms with van der Waals surface area (Å²) in [4.78, 5) is 22.7. The SMILES string of the molecule is COc1ccc2nccc([C@@H](O)CCC3CCN(CCCCc4ccccn4)CC3CCC(=O)O)c2c1. The fourth-order valence-electron chi connectivity index (χ4n) is 5.65. The lowest BCUT2D eigenvalue weighted by Crippen LogP contribution is -2.41. The Morgan fingerprint density at radius 3 is 2.78 bits per heavy atom. The normalized spacial score (nSPS) is 19.1. The zero-order valence-electron chi connectivity index (χ0n) is 21.8. The number of carbonyl (C=O) groups is 1. The number of benzene rings is 1. The third kappa shape index (κ3) is 7.73. The van der Waals surface area contributed by atoms with E-state index in [0.717, 1.165) is 79.6 Å². The van der Waals surface area contributed by atoms with E-state index in [1.807, 2.05) is 42.6 Å². The molecular weight excluding hydrogens is 466 g/mol. The van der Waals surface area contributed by atoms with Gasteiger partial charge >= 0.3 is 5.97 Å². The number of unbranched alkanes of at least 4 members (excludes halogenated alkanes) is 1. The summed E-state index contributed by atoms with van der Waals surface area (Å²) in [5.74, 6) is 0.766. The second-order valence-electron chi connectivity index (χ2n) is 10.2. The summed E-state index contributed by atoms with van der Waals surface area (Å²) in [6.45, 7) is 3.01. The molecule has 0 aliphatic carbocycles. The monoisotopic (exact) mass is 505 g/mol. The average molecular weight is 506 g/mol. The average Bonchev–Trinajstić information content (AvgIpc) is 2.93. The van der Waals surface area contributed by atoms with E-state index in [2.05, 4.69) is 20.9 Å². The molecule has 1 saturated heterocycles. The van der Waals surface area contributed by atoms with Gasteiger partial charge in [0.1, 0.15) is 5.75 Å². The Hall–Kier alpha value is -3.03. The zero-order chi connectivity index (χ0) is 26.0. The first-order chi connectivity index (χ1) is 18.0. The molecule has 7 heteroatoms. The molecule has 0 radical (unpaired) electrons. The first kappa shape index (κ1) is 27.0. The Labute approximate surface area is 219 Å². The van der Waals surface area contributed by atoms with E-state index in [-0.39, 0.29) is 6.42 Å². The highest BCUT2D eigenvalue weighted by Crippen LogP contribution is 2.35. The van der Waals surface area contributed by atoms with E-state index >= 15 is 0 Å². The van der Waals surface area contributed by atoms with Crippen molar-refractivity contribution in [2.75, 3.05) is 26.7 Å². The van der Waals surface area contributed by atoms with Crippen molar-refractivity contribution in [2.45, 2.75) is 57.5 Å². The van der Waals surface area contributed by atoms with Crippen LogP contribution in [0.2, 0.25) is 0 Å². The highest BCUT2D eigenvalue weighted by Gasteiger charge is 2.30. The Morgan fingerprint density at radius 1 is 1.11 bits per heavy atom. The van der Waals surface area contributed by atoms with Crippen LogP contribution in [0.25, 0.3) is 10.9 Å². The Bertz CT molecular complexity index is 1140. The number of ether oxygens (including phenoxy) is 1. The first-order valence-corrected chi connectivity index (χ1v) is 13.5. The van der Waals surface area contributed by atoms with Gasteiger partial charge < -0.3 is 19.8 Å². The maximum Gasteiger partial charge on any atom is 0.303 e. The molecule has 2 unspecified atom stereocenters. The summed E-state index contributed by atoms with van der Waals surface area (Å²) in [7, 11) is 1.64. The smallest absolute Gasteiger partial charge is 0.303 e. The van der Waals surface area contributed by atoms with Crippen LogP contribution in [0.15, 0.2) is 54.9 Å². The first-order valence-electron chi connectivity index (χ1n) is 13.5. The van der Waals surface area contributed by atoms with Crippen molar-refractivity contribution < 1.29 is 19.7 Å². The van der Waals surface area contributed by atoms with Gasteiger partial charge in [0.05, 0.1) is 18.7 Å². The van der Waals surface area contributed by atoms with Crippen LogP contribution < -0.4 is 4.74 Å². The van der Waals surface area contributed by atoms with Crippen LogP contribution in [0.5, 0.6) is 5.75 Å². The zero-order valence-corrected chi connectivity index (χ0v) is 21.8. The Morgan fingerprint density at radius 2 is 2.00 bits per heavy atom. The molecule has 0 spiro atoms. The molecule has 3 heterocycles. The Kier molecular flexibility index (Phi) is 9.85. The van der Waals surface area contributed by atoms with Crippen LogP contribution in [0, 0.1) is 11.8 Å². The number of likely N-dealkylation sites (tertiary alicyclic amines) is 1. The number of aliphatic hydroxyl groups excluding tert-OH is 1. The molecule has 1 fully saturated rings. The van der Waals surface area contributed by atoms with Gasteiger partial charge in [-0.15, -0.1) is 0 Å². The molecule has 0 saturated carbocycles. The number of aliphatic hydroxyl groups is 1. The van der Waals surface area contributed by atoms with E-state index in [1.165, 1.54) is 0 Å². The van der Waals surface area contributed by atoms with Gasteiger partial charge in [0.2, 0.25) is 0 Å². The molecule has 7 nitrogen and oxygen atoms in total. The van der Waals surface area contributed by atoms with Crippen molar-refractivity contribution in [1.82, 2.24) is 14.9 Å². The number of pyridine rings is 2. The number of methoxy groups -OCH3 is 1. The highest BCUT2D eigenvalue weighted by molar-refractivity contribution is 5.83. The molecule has 4 rings (SSSR count). The number of rotatable bonds is 13. The topological polar surface area (TPSA) is 95.8 Å². The van der Waals surface area contributed by atoms with Gasteiger partial charge in [-0.25, -0.2) is 0 Å². The van der Waals surface area contributed by atoms with E-state index in [4.69, 9.17) is 4.74 Å². The van der Waals surface area contributed by atoms with Crippen molar-refractivity contribution in [3.05, 3.63) is 66.1 Å². The second-order valence-corrected chi connectivity index (χ2v) is 10.2. The van der Waals surface area contributed by atoms with E-state index in [0.29, 0.717) is 24.7 Å². The van der Waals surface area contributed by atoms with Gasteiger partial charge in [0, 0.05) is 36.4 Å². The third-order valence-corrected chi connectivity index (χ3v) is 7.74. The number of aliphatic carboxylic acids is 1. The van der Waals surface area contributed by atoms with Gasteiger partial charge in [-0.1, -0.05) is 6.07 Å². The molecule has 1 aliphatic rings. The summed E-state index contributed by atoms with van der Waals surface area (Å²) in [5.41, 5.74) is 2.85. The number of piperidine rings is 1. The molecule has 37 heavy (non-hydrogen) atoms. The standard InChI is InChI=1S/C30H39N3O4/c1-37-25-10-11-28-27(20-25)26(14-17-32-28)29(34)12-8-22-15-19-33(21-23(22)9-13-30(35)36)18-5-3-7-24-6-2-4-16-31-24/h2,4,6,10-11,14,16-17,20,22-23,29,34H,3,5,7-9,12-13,15,18-19,21H2,1H3,(H,35,36)/t22?,23?,29-/m0/s1. The van der Waals surface area contributed by atoms with E-state index in [9.17, 15) is 15.0 Å². The van der Waals surface area contributed by atoms with Crippen LogP contribution >= 0.6 is 0 Å². The Balaban J connectivity index is 1.32. The largest absolute Gasteiger partial charge is 0.497 e. The van der Waals surface area contributed by atoms with Crippen LogP contribution in [-0.2, 0) is 11.2 Å². The third-order valence-electron chi connectivity index (χ3n) is 7.74. The number of nitrogens with zero attached hydrogens (tertiary/aromatic N) is 3. The number of hydrogen-bond acceptors (Lipinski definition) is 6. The minimum absolute atomic E-state index is 0.200. The number of hydrogen-bond donors (Lipinski definition) is 2. The molecule has 0 amide bonds. The molecular formula is C30H39N3O4. The molecule has 2 aromatic heterocycles. The van der Waals surface area contributed by atoms with Crippen LogP contribution in [0.3, 0.4) is 0 Å². The fourth-order valence-corrected chi connectivity index (χ4v) is 5.65. The number of aryl methyl sites for hydroxylation is 1. The summed E-state index contributed by atoms with van der Waals surface area (Å²) in [5, 5.41) is 21.4. The maximum absolute atomic E-state index is 11.3. The van der Waals surface area contributed by atoms with Crippen molar-refractivity contribution in [3.8, 4) is 5.75 Å². The summed E-state index contributed by atoms with van der Waals surface area (Å²) in [6, 6.07) is 13.7. The fraction of sp³-hybridized carbons (Fsp3) is 0.500. The van der Waals surface area contributed by atoms with E-state index < -0.39 is 12.1 Å². The predicted octanol–water partition coefficient (Wildman–Crippen LogP) is 5.28. The van der Waals surface area contributed by atoms with Gasteiger partial charge in [-0.05, 0) is 112 Å². The van der Waals surface area contributed by atoms with E-state index in [1.54, 1.807) is 13.3 Å². The van der Waals surface area contributed by atoms with Gasteiger partial charge in [0.15, 0.2) is 0 Å². The second kappa shape index (κ2) is 13.5. The summed E-state index contributed by atoms with van der Waals surface area (Å²) >= 11 is 0. The quantitative estimate of drug-likeness (QED) is 0.305. The lowest BCUT2D eigenvalue weighted by Gasteiger charge is -2.39. The number of fused-ring (bicyclic) bond motifs is 1. The summed E-state index contributed by atoms with van der Waals surface area (Å²) in [6.07, 6.45) is 9.67. The van der Waals surface area contributed by atoms with Crippen molar-refractivity contribution in [1.29, 1.82) is 0 Å². The lowest BCUT2D eigenvalue weighted by molar-refractivity contribution is -0.137. The van der Waals surface area contributed by atoms with Crippen molar-refractivity contribution in [2.24, 2.45) is 11.8 Å². The molecule has 1 aliphatic heterocycles. The van der Waals surface area contributed by atoms with Crippen molar-refractivity contribution >= 4 is 16.9 Å². The van der Waals surface area contributed by atoms with Crippen molar-refractivity contribution in [3.63, 3.8) is 0 Å². The molecule has 3 aromatic rings. The summed E-state index contributed by atoms with van der Waals surface area (Å²) < 4.78 is 5.37. The minimum atomic E-state index is -0.733. The van der Waals surface area contributed by atoms with Gasteiger partial charge in [-0.3, -0.25) is 14.8 Å². The van der Waals surface area contributed by atoms with Crippen LogP contribution in [0.1, 0.15) is 62.3 Å². The molecule has 0 bridgehead atoms. The van der Waals surface area contributed by atoms with Crippen LogP contribution in [0.4, 0.5) is 0 Å². The lowest BCUT2D eigenvalue weighted by atomic mass is 9.79. The molecule has 198 valence electrons. The number of carboxylic acids is 1. The minimum Gasteiger partial charge on any atom is -0.497 e. The highest BCUT2D eigenvalue weighted by atomic mass is 16.5. The van der Waals surface area contributed by atoms with Crippen LogP contribution in [-0.4, -0.2) is 57.8 Å².